The minimum atomic E-state index is -0.359. The molecule has 150 valence electrons. The van der Waals surface area contributed by atoms with Crippen molar-refractivity contribution in [2.75, 3.05) is 20.3 Å². The molecule has 0 saturated heterocycles. The lowest BCUT2D eigenvalue weighted by Crippen LogP contribution is -2.16. The average molecular weight is 432 g/mol. The van der Waals surface area contributed by atoms with Gasteiger partial charge in [-0.05, 0) is 42.0 Å². The van der Waals surface area contributed by atoms with Crippen molar-refractivity contribution in [3.05, 3.63) is 58.1 Å². The lowest BCUT2D eigenvalue weighted by Gasteiger charge is -2.20. The lowest BCUT2D eigenvalue weighted by molar-refractivity contribution is -0.144. The van der Waals surface area contributed by atoms with Gasteiger partial charge in [0.2, 0.25) is 0 Å². The third kappa shape index (κ3) is 4.63. The van der Waals surface area contributed by atoms with Gasteiger partial charge in [0, 0.05) is 10.9 Å². The van der Waals surface area contributed by atoms with E-state index < -0.39 is 0 Å². The Bertz CT molecular complexity index is 1020. The molecule has 4 rings (SSSR count). The fraction of sp³-hybridized carbons (Fsp3) is 0.238. The summed E-state index contributed by atoms with van der Waals surface area (Å²) in [7, 11) is 1.63. The zero-order valence-corrected chi connectivity index (χ0v) is 17.2. The van der Waals surface area contributed by atoms with Crippen LogP contribution in [0.3, 0.4) is 0 Å². The summed E-state index contributed by atoms with van der Waals surface area (Å²) >= 11 is 7.69. The van der Waals surface area contributed by atoms with Gasteiger partial charge in [0.05, 0.1) is 24.2 Å². The van der Waals surface area contributed by atoms with Crippen LogP contribution < -0.4 is 14.2 Å². The van der Waals surface area contributed by atoms with Crippen molar-refractivity contribution in [2.45, 2.75) is 13.0 Å². The third-order valence-corrected chi connectivity index (χ3v) is 5.49. The fourth-order valence-electron chi connectivity index (χ4n) is 2.86. The maximum atomic E-state index is 12.2. The number of ether oxygens (including phenoxy) is 4. The number of fused-ring (bicyclic) bond motifs is 1. The van der Waals surface area contributed by atoms with Crippen LogP contribution in [0.15, 0.2) is 41.8 Å². The van der Waals surface area contributed by atoms with Crippen molar-refractivity contribution < 1.29 is 23.7 Å². The number of esters is 1. The molecule has 0 bridgehead atoms. The van der Waals surface area contributed by atoms with E-state index in [1.807, 2.05) is 29.6 Å². The molecule has 0 N–H and O–H groups in total. The average Bonchev–Trinajstić information content (AvgIpc) is 3.21. The molecule has 0 atom stereocenters. The second kappa shape index (κ2) is 8.71. The Morgan fingerprint density at radius 3 is 2.79 bits per heavy atom. The Morgan fingerprint density at radius 2 is 2.00 bits per heavy atom. The van der Waals surface area contributed by atoms with E-state index in [0.29, 0.717) is 35.4 Å². The Morgan fingerprint density at radius 1 is 1.21 bits per heavy atom. The molecule has 2 heterocycles. The summed E-state index contributed by atoms with van der Waals surface area (Å²) in [6.07, 6.45) is 0.102. The van der Waals surface area contributed by atoms with Gasteiger partial charge >= 0.3 is 5.97 Å². The fourth-order valence-corrected chi connectivity index (χ4v) is 3.98. The smallest absolute Gasteiger partial charge is 0.312 e. The maximum absolute atomic E-state index is 12.2. The first-order chi connectivity index (χ1) is 14.1. The molecule has 1 aliphatic rings. The summed E-state index contributed by atoms with van der Waals surface area (Å²) in [6.45, 7) is 1.03. The van der Waals surface area contributed by atoms with E-state index >= 15 is 0 Å². The number of benzene rings is 2. The molecular formula is C21H18ClNO5S. The number of methoxy groups -OCH3 is 1. The molecule has 29 heavy (non-hydrogen) atoms. The highest BCUT2D eigenvalue weighted by molar-refractivity contribution is 7.13. The standard InChI is InChI=1S/C21H18ClNO5S/c1-25-16-4-2-14(3-5-16)21-23-15(12-29-21)10-19(24)28-11-13-8-17(22)20-18(9-13)26-6-7-27-20/h2-5,8-9,12H,6-7,10-11H2,1H3. The molecule has 0 amide bonds. The molecule has 0 fully saturated rings. The number of rotatable bonds is 6. The molecule has 0 aliphatic carbocycles. The Labute approximate surface area is 177 Å². The highest BCUT2D eigenvalue weighted by atomic mass is 35.5. The largest absolute Gasteiger partial charge is 0.497 e. The van der Waals surface area contributed by atoms with Crippen molar-refractivity contribution in [2.24, 2.45) is 0 Å². The number of hydrogen-bond donors (Lipinski definition) is 0. The highest BCUT2D eigenvalue weighted by Gasteiger charge is 2.17. The molecule has 1 aliphatic heterocycles. The number of carbonyl (C=O) groups is 1. The van der Waals surface area contributed by atoms with Gasteiger partial charge in [-0.15, -0.1) is 11.3 Å². The van der Waals surface area contributed by atoms with Crippen LogP contribution in [0, 0.1) is 0 Å². The topological polar surface area (TPSA) is 66.9 Å². The number of hydrogen-bond acceptors (Lipinski definition) is 7. The Balaban J connectivity index is 1.35. The van der Waals surface area contributed by atoms with E-state index in [2.05, 4.69) is 4.98 Å². The first-order valence-electron chi connectivity index (χ1n) is 8.95. The van der Waals surface area contributed by atoms with Crippen LogP contribution in [0.1, 0.15) is 11.3 Å². The SMILES string of the molecule is COc1ccc(-c2nc(CC(=O)OCc3cc(Cl)c4c(c3)OCCO4)cs2)cc1. The quantitative estimate of drug-likeness (QED) is 0.534. The summed E-state index contributed by atoms with van der Waals surface area (Å²) < 4.78 is 21.6. The Kier molecular flexibility index (Phi) is 5.87. The molecule has 0 unspecified atom stereocenters. The van der Waals surface area contributed by atoms with Crippen molar-refractivity contribution in [3.63, 3.8) is 0 Å². The molecule has 0 saturated carbocycles. The minimum Gasteiger partial charge on any atom is -0.497 e. The van der Waals surface area contributed by atoms with Gasteiger partial charge in [-0.1, -0.05) is 11.6 Å². The van der Waals surface area contributed by atoms with Gasteiger partial charge in [-0.2, -0.15) is 0 Å². The third-order valence-electron chi connectivity index (χ3n) is 4.27. The predicted octanol–water partition coefficient (Wildman–Crippen LogP) is 4.53. The van der Waals surface area contributed by atoms with E-state index in [-0.39, 0.29) is 19.0 Å². The van der Waals surface area contributed by atoms with Gasteiger partial charge in [0.1, 0.15) is 30.6 Å². The van der Waals surface area contributed by atoms with E-state index in [1.54, 1.807) is 19.2 Å². The number of nitrogens with zero attached hydrogens (tertiary/aromatic N) is 1. The second-order valence-electron chi connectivity index (χ2n) is 6.31. The van der Waals surface area contributed by atoms with Crippen molar-refractivity contribution in [3.8, 4) is 27.8 Å². The summed E-state index contributed by atoms with van der Waals surface area (Å²) in [4.78, 5) is 16.7. The van der Waals surface area contributed by atoms with E-state index in [4.69, 9.17) is 30.5 Å². The summed E-state index contributed by atoms with van der Waals surface area (Å²) in [6, 6.07) is 11.1. The summed E-state index contributed by atoms with van der Waals surface area (Å²) in [5.74, 6) is 1.52. The van der Waals surface area contributed by atoms with Gasteiger partial charge in [0.15, 0.2) is 11.5 Å². The van der Waals surface area contributed by atoms with E-state index in [0.717, 1.165) is 21.9 Å². The molecule has 6 nitrogen and oxygen atoms in total. The summed E-state index contributed by atoms with van der Waals surface area (Å²) in [5.41, 5.74) is 2.39. The monoisotopic (exact) mass is 431 g/mol. The van der Waals surface area contributed by atoms with Crippen LogP contribution in [0.2, 0.25) is 5.02 Å². The van der Waals surface area contributed by atoms with Crippen LogP contribution in [0.4, 0.5) is 0 Å². The van der Waals surface area contributed by atoms with Crippen LogP contribution >= 0.6 is 22.9 Å². The molecule has 0 radical (unpaired) electrons. The lowest BCUT2D eigenvalue weighted by atomic mass is 10.2. The number of thiazole rings is 1. The van der Waals surface area contributed by atoms with Crippen LogP contribution in [0.5, 0.6) is 17.2 Å². The van der Waals surface area contributed by atoms with Crippen LogP contribution in [-0.4, -0.2) is 31.3 Å². The molecule has 0 spiro atoms. The van der Waals surface area contributed by atoms with Crippen molar-refractivity contribution in [1.82, 2.24) is 4.98 Å². The Hall–Kier alpha value is -2.77. The zero-order chi connectivity index (χ0) is 20.2. The van der Waals surface area contributed by atoms with E-state index in [9.17, 15) is 4.79 Å². The summed E-state index contributed by atoms with van der Waals surface area (Å²) in [5, 5.41) is 3.15. The van der Waals surface area contributed by atoms with Gasteiger partial charge in [0.25, 0.3) is 0 Å². The second-order valence-corrected chi connectivity index (χ2v) is 7.58. The van der Waals surface area contributed by atoms with Gasteiger partial charge in [-0.3, -0.25) is 4.79 Å². The normalized spacial score (nSPS) is 12.5. The van der Waals surface area contributed by atoms with E-state index in [1.165, 1.54) is 11.3 Å². The first-order valence-corrected chi connectivity index (χ1v) is 10.2. The number of aromatic nitrogens is 1. The predicted molar refractivity (Wildman–Crippen MR) is 110 cm³/mol. The molecule has 3 aromatic rings. The minimum absolute atomic E-state index is 0.102. The van der Waals surface area contributed by atoms with Crippen molar-refractivity contribution >= 4 is 28.9 Å². The molecular weight excluding hydrogens is 414 g/mol. The molecule has 2 aromatic carbocycles. The number of carbonyl (C=O) groups excluding carboxylic acids is 1. The zero-order valence-electron chi connectivity index (χ0n) is 15.6. The van der Waals surface area contributed by atoms with Crippen LogP contribution in [-0.2, 0) is 22.6 Å². The maximum Gasteiger partial charge on any atom is 0.312 e. The number of halogens is 1. The van der Waals surface area contributed by atoms with Crippen LogP contribution in [0.25, 0.3) is 10.6 Å². The molecule has 1 aromatic heterocycles. The highest BCUT2D eigenvalue weighted by Crippen LogP contribution is 2.38. The first kappa shape index (κ1) is 19.5. The van der Waals surface area contributed by atoms with Crippen molar-refractivity contribution in [1.29, 1.82) is 0 Å². The van der Waals surface area contributed by atoms with Gasteiger partial charge < -0.3 is 18.9 Å². The van der Waals surface area contributed by atoms with Gasteiger partial charge in [-0.25, -0.2) is 4.98 Å². The molecule has 8 heteroatoms.